The average molecular weight is 482 g/mol. The zero-order valence-corrected chi connectivity index (χ0v) is 18.8. The van der Waals surface area contributed by atoms with Crippen LogP contribution < -0.4 is 15.8 Å². The van der Waals surface area contributed by atoms with Crippen molar-refractivity contribution in [1.29, 1.82) is 0 Å². The predicted octanol–water partition coefficient (Wildman–Crippen LogP) is 0.984. The lowest BCUT2D eigenvalue weighted by Gasteiger charge is -2.10. The minimum atomic E-state index is -3.84. The summed E-state index contributed by atoms with van der Waals surface area (Å²) in [5, 5.41) is 10.2. The molecule has 172 valence electrons. The van der Waals surface area contributed by atoms with E-state index in [-0.39, 0.29) is 22.1 Å². The minimum absolute atomic E-state index is 0.0941. The van der Waals surface area contributed by atoms with Gasteiger partial charge in [-0.15, -0.1) is 11.8 Å². The van der Waals surface area contributed by atoms with Gasteiger partial charge in [0.15, 0.2) is 6.61 Å². The number of thioether (sulfide) groups is 1. The molecule has 0 aliphatic carbocycles. The van der Waals surface area contributed by atoms with Crippen LogP contribution in [-0.2, 0) is 29.1 Å². The molecule has 2 rings (SSSR count). The number of benzene rings is 2. The van der Waals surface area contributed by atoms with Gasteiger partial charge in [0.1, 0.15) is 0 Å². The number of amides is 2. The fourth-order valence-corrected chi connectivity index (χ4v) is 3.77. The van der Waals surface area contributed by atoms with Gasteiger partial charge in [0, 0.05) is 24.2 Å². The number of hydrogen-bond donors (Lipinski definition) is 3. The molecule has 0 saturated carbocycles. The van der Waals surface area contributed by atoms with Crippen molar-refractivity contribution < 1.29 is 32.3 Å². The average Bonchev–Trinajstić information content (AvgIpc) is 2.76. The number of carbonyl (C=O) groups is 3. The molecule has 0 saturated heterocycles. The van der Waals surface area contributed by atoms with Crippen molar-refractivity contribution in [2.24, 2.45) is 5.14 Å². The van der Waals surface area contributed by atoms with E-state index < -0.39 is 28.5 Å². The first-order valence-electron chi connectivity index (χ1n) is 9.28. The molecule has 0 spiro atoms. The van der Waals surface area contributed by atoms with Crippen molar-refractivity contribution in [3.8, 4) is 0 Å². The van der Waals surface area contributed by atoms with Crippen molar-refractivity contribution in [1.82, 2.24) is 5.32 Å². The van der Waals surface area contributed by atoms with Crippen LogP contribution in [0.1, 0.15) is 10.4 Å². The summed E-state index contributed by atoms with van der Waals surface area (Å²) in [6, 6.07) is 11.8. The summed E-state index contributed by atoms with van der Waals surface area (Å²) in [4.78, 5) is 36.8. The topological polar surface area (TPSA) is 154 Å². The number of ether oxygens (including phenoxy) is 2. The van der Waals surface area contributed by atoms with Crippen molar-refractivity contribution in [3.63, 3.8) is 0 Å². The first kappa shape index (κ1) is 25.3. The molecule has 0 aliphatic rings. The molecule has 2 aromatic carbocycles. The highest BCUT2D eigenvalue weighted by Crippen LogP contribution is 2.23. The summed E-state index contributed by atoms with van der Waals surface area (Å²) >= 11 is 1.17. The molecule has 10 nitrogen and oxygen atoms in total. The largest absolute Gasteiger partial charge is 0.452 e. The molecule has 4 N–H and O–H groups in total. The van der Waals surface area contributed by atoms with E-state index in [2.05, 4.69) is 10.6 Å². The van der Waals surface area contributed by atoms with Crippen LogP contribution >= 0.6 is 11.8 Å². The summed E-state index contributed by atoms with van der Waals surface area (Å²) < 4.78 is 32.4. The van der Waals surface area contributed by atoms with E-state index in [0.717, 1.165) is 0 Å². The molecule has 32 heavy (non-hydrogen) atoms. The Morgan fingerprint density at radius 3 is 2.38 bits per heavy atom. The van der Waals surface area contributed by atoms with Crippen LogP contribution in [0.15, 0.2) is 58.3 Å². The number of carbonyl (C=O) groups excluding carboxylic acids is 3. The van der Waals surface area contributed by atoms with Crippen LogP contribution in [0.4, 0.5) is 5.69 Å². The van der Waals surface area contributed by atoms with E-state index in [1.807, 2.05) is 0 Å². The van der Waals surface area contributed by atoms with Gasteiger partial charge in [-0.05, 0) is 36.4 Å². The molecule has 0 heterocycles. The highest BCUT2D eigenvalue weighted by atomic mass is 32.2. The Morgan fingerprint density at radius 2 is 1.72 bits per heavy atom. The number of hydrogen-bond acceptors (Lipinski definition) is 8. The lowest BCUT2D eigenvalue weighted by molar-refractivity contribution is -0.119. The smallest absolute Gasteiger partial charge is 0.339 e. The third-order valence-electron chi connectivity index (χ3n) is 3.90. The van der Waals surface area contributed by atoms with Crippen LogP contribution in [0, 0.1) is 0 Å². The number of nitrogens with one attached hydrogen (secondary N) is 2. The molecule has 0 radical (unpaired) electrons. The summed E-state index contributed by atoms with van der Waals surface area (Å²) in [6.45, 7) is 0.239. The second-order valence-corrected chi connectivity index (χ2v) is 8.90. The van der Waals surface area contributed by atoms with Gasteiger partial charge in [-0.1, -0.05) is 12.1 Å². The summed E-state index contributed by atoms with van der Waals surface area (Å²) in [5.74, 6) is -1.43. The number of methoxy groups -OCH3 is 1. The molecule has 0 atom stereocenters. The van der Waals surface area contributed by atoms with Crippen molar-refractivity contribution in [2.45, 2.75) is 9.79 Å². The number of rotatable bonds is 11. The Balaban J connectivity index is 1.88. The van der Waals surface area contributed by atoms with Gasteiger partial charge in [0.25, 0.3) is 5.91 Å². The SMILES string of the molecule is COCCNC(=O)CSc1ccccc1C(=O)OCC(=O)Nc1ccc(S(N)(=O)=O)cc1. The van der Waals surface area contributed by atoms with Crippen LogP contribution in [0.5, 0.6) is 0 Å². The third kappa shape index (κ3) is 8.30. The minimum Gasteiger partial charge on any atom is -0.452 e. The Kier molecular flexibility index (Phi) is 9.65. The van der Waals surface area contributed by atoms with Gasteiger partial charge in [-0.2, -0.15) is 0 Å². The van der Waals surface area contributed by atoms with Gasteiger partial charge in [0.2, 0.25) is 15.9 Å². The Hall–Kier alpha value is -2.93. The number of sulfonamides is 1. The Morgan fingerprint density at radius 1 is 1.03 bits per heavy atom. The van der Waals surface area contributed by atoms with Crippen molar-refractivity contribution in [3.05, 3.63) is 54.1 Å². The fourth-order valence-electron chi connectivity index (χ4n) is 2.38. The maximum Gasteiger partial charge on any atom is 0.339 e. The summed E-state index contributed by atoms with van der Waals surface area (Å²) in [7, 11) is -2.30. The maximum absolute atomic E-state index is 12.4. The fraction of sp³-hybridized carbons (Fsp3) is 0.250. The monoisotopic (exact) mass is 481 g/mol. The van der Waals surface area contributed by atoms with Gasteiger partial charge >= 0.3 is 5.97 Å². The maximum atomic E-state index is 12.4. The first-order valence-corrected chi connectivity index (χ1v) is 11.8. The van der Waals surface area contributed by atoms with Crippen molar-refractivity contribution >= 4 is 45.3 Å². The van der Waals surface area contributed by atoms with Crippen LogP contribution in [0.3, 0.4) is 0 Å². The lowest BCUT2D eigenvalue weighted by atomic mass is 10.2. The van der Waals surface area contributed by atoms with E-state index in [1.165, 1.54) is 49.2 Å². The van der Waals surface area contributed by atoms with Gasteiger partial charge < -0.3 is 20.1 Å². The highest BCUT2D eigenvalue weighted by Gasteiger charge is 2.16. The normalized spacial score (nSPS) is 10.9. The second kappa shape index (κ2) is 12.2. The Bertz CT molecular complexity index is 1060. The standard InChI is InChI=1S/C20H23N3O7S2/c1-29-11-10-22-19(25)13-31-17-5-3-2-4-16(17)20(26)30-12-18(24)23-14-6-8-15(9-7-14)32(21,27)28/h2-9H,10-13H2,1H3,(H,22,25)(H,23,24)(H2,21,27,28). The number of primary sulfonamides is 1. The zero-order valence-electron chi connectivity index (χ0n) is 17.2. The number of nitrogens with two attached hydrogens (primary N) is 1. The third-order valence-corrected chi connectivity index (χ3v) is 5.90. The molecule has 0 bridgehead atoms. The van der Waals surface area contributed by atoms with E-state index in [0.29, 0.717) is 23.7 Å². The summed E-state index contributed by atoms with van der Waals surface area (Å²) in [5.41, 5.74) is 0.543. The van der Waals surface area contributed by atoms with Gasteiger partial charge in [0.05, 0.1) is 22.8 Å². The first-order chi connectivity index (χ1) is 15.2. The highest BCUT2D eigenvalue weighted by molar-refractivity contribution is 8.00. The van der Waals surface area contributed by atoms with E-state index in [1.54, 1.807) is 18.2 Å². The molecule has 0 aromatic heterocycles. The molecule has 0 unspecified atom stereocenters. The molecule has 12 heteroatoms. The molecule has 0 fully saturated rings. The van der Waals surface area contributed by atoms with Gasteiger partial charge in [-0.25, -0.2) is 18.4 Å². The number of anilines is 1. The van der Waals surface area contributed by atoms with E-state index in [4.69, 9.17) is 14.6 Å². The van der Waals surface area contributed by atoms with E-state index >= 15 is 0 Å². The predicted molar refractivity (Wildman–Crippen MR) is 119 cm³/mol. The Labute approximate surface area is 189 Å². The molecular weight excluding hydrogens is 458 g/mol. The van der Waals surface area contributed by atoms with Crippen LogP contribution in [0.2, 0.25) is 0 Å². The molecule has 0 aliphatic heterocycles. The van der Waals surface area contributed by atoms with Gasteiger partial charge in [-0.3, -0.25) is 9.59 Å². The second-order valence-electron chi connectivity index (χ2n) is 6.32. The number of esters is 1. The molecule has 2 amide bonds. The van der Waals surface area contributed by atoms with Crippen molar-refractivity contribution in [2.75, 3.05) is 37.9 Å². The quantitative estimate of drug-likeness (QED) is 0.244. The lowest BCUT2D eigenvalue weighted by Crippen LogP contribution is -2.28. The zero-order chi connectivity index (χ0) is 23.6. The van der Waals surface area contributed by atoms with Crippen LogP contribution in [-0.4, -0.2) is 58.8 Å². The molecule has 2 aromatic rings. The summed E-state index contributed by atoms with van der Waals surface area (Å²) in [6.07, 6.45) is 0. The van der Waals surface area contributed by atoms with E-state index in [9.17, 15) is 22.8 Å². The molecular formula is C20H23N3O7S2. The van der Waals surface area contributed by atoms with Crippen LogP contribution in [0.25, 0.3) is 0 Å².